The molecule has 0 spiro atoms. The minimum Gasteiger partial charge on any atom is -0.492 e. The number of rotatable bonds is 8. The fourth-order valence-corrected chi connectivity index (χ4v) is 3.08. The first-order valence-corrected chi connectivity index (χ1v) is 9.13. The number of amides is 2. The van der Waals surface area contributed by atoms with Crippen LogP contribution in [0.25, 0.3) is 0 Å². The van der Waals surface area contributed by atoms with Gasteiger partial charge in [0.1, 0.15) is 18.4 Å². The molecule has 1 atom stereocenters. The van der Waals surface area contributed by atoms with Gasteiger partial charge in [-0.25, -0.2) is 0 Å². The molecule has 1 aliphatic rings. The van der Waals surface area contributed by atoms with Crippen molar-refractivity contribution in [1.29, 1.82) is 0 Å². The Labute approximate surface area is 156 Å². The zero-order valence-electron chi connectivity index (χ0n) is 15.3. The van der Waals surface area contributed by atoms with E-state index < -0.39 is 17.8 Å². The summed E-state index contributed by atoms with van der Waals surface area (Å²) in [5.74, 6) is 0.254. The maximum Gasteiger partial charge on any atom is 0.416 e. The van der Waals surface area contributed by atoms with Crippen LogP contribution in [0.5, 0.6) is 5.75 Å². The molecule has 0 aromatic heterocycles. The fraction of sp³-hybridized carbons (Fsp3) is 0.579. The molecule has 1 aromatic rings. The Morgan fingerprint density at radius 1 is 1.19 bits per heavy atom. The Kier molecular flexibility index (Phi) is 7.50. The van der Waals surface area contributed by atoms with Gasteiger partial charge in [0.15, 0.2) is 0 Å². The van der Waals surface area contributed by atoms with Crippen LogP contribution in [-0.4, -0.2) is 31.0 Å². The number of carbonyl (C=O) groups is 2. The van der Waals surface area contributed by atoms with Gasteiger partial charge in [0.05, 0.1) is 12.1 Å². The molecule has 2 amide bonds. The highest BCUT2D eigenvalue weighted by molar-refractivity contribution is 5.87. The monoisotopic (exact) mass is 386 g/mol. The average molecular weight is 386 g/mol. The maximum atomic E-state index is 12.5. The molecular formula is C19H25F3N2O3. The fourth-order valence-electron chi connectivity index (χ4n) is 3.08. The van der Waals surface area contributed by atoms with Gasteiger partial charge < -0.3 is 15.4 Å². The second-order valence-corrected chi connectivity index (χ2v) is 6.81. The number of carbonyl (C=O) groups excluding carboxylic acids is 2. The largest absolute Gasteiger partial charge is 0.492 e. The van der Waals surface area contributed by atoms with Crippen molar-refractivity contribution in [3.63, 3.8) is 0 Å². The standard InChI is InChI=1S/C19H25F3N2O3/c1-13(24-17(25)12-14-4-2-3-5-14)18(26)23-10-11-27-16-8-6-15(7-9-16)19(20,21)22/h6-9,13-14H,2-5,10-12H2,1H3,(H,23,26)(H,24,25). The van der Waals surface area contributed by atoms with E-state index in [0.29, 0.717) is 12.3 Å². The minimum atomic E-state index is -4.38. The van der Waals surface area contributed by atoms with Crippen LogP contribution in [0.1, 0.15) is 44.6 Å². The predicted molar refractivity (Wildman–Crippen MR) is 94.1 cm³/mol. The van der Waals surface area contributed by atoms with E-state index in [1.54, 1.807) is 6.92 Å². The SMILES string of the molecule is CC(NC(=O)CC1CCCC1)C(=O)NCCOc1ccc(C(F)(F)F)cc1. The quantitative estimate of drug-likeness (QED) is 0.674. The molecule has 27 heavy (non-hydrogen) atoms. The topological polar surface area (TPSA) is 67.4 Å². The van der Waals surface area contributed by atoms with Crippen LogP contribution in [0, 0.1) is 5.92 Å². The number of alkyl halides is 3. The average Bonchev–Trinajstić information content (AvgIpc) is 3.10. The number of ether oxygens (including phenoxy) is 1. The Bertz CT molecular complexity index is 626. The lowest BCUT2D eigenvalue weighted by atomic mass is 10.0. The molecule has 1 aliphatic carbocycles. The maximum absolute atomic E-state index is 12.5. The van der Waals surface area contributed by atoms with Crippen molar-refractivity contribution in [2.45, 2.75) is 51.2 Å². The highest BCUT2D eigenvalue weighted by Gasteiger charge is 2.30. The highest BCUT2D eigenvalue weighted by Crippen LogP contribution is 2.30. The summed E-state index contributed by atoms with van der Waals surface area (Å²) in [4.78, 5) is 23.9. The van der Waals surface area contributed by atoms with Gasteiger partial charge in [-0.15, -0.1) is 0 Å². The van der Waals surface area contributed by atoms with Crippen molar-refractivity contribution >= 4 is 11.8 Å². The molecule has 2 N–H and O–H groups in total. The first kappa shape index (κ1) is 21.1. The van der Waals surface area contributed by atoms with Crippen molar-refractivity contribution in [2.75, 3.05) is 13.2 Å². The third-order valence-corrected chi connectivity index (χ3v) is 4.57. The van der Waals surface area contributed by atoms with Crippen molar-refractivity contribution < 1.29 is 27.5 Å². The zero-order chi connectivity index (χ0) is 19.9. The Balaban J connectivity index is 1.64. The van der Waals surface area contributed by atoms with E-state index in [4.69, 9.17) is 4.74 Å². The molecule has 1 saturated carbocycles. The van der Waals surface area contributed by atoms with Crippen LogP contribution in [0.4, 0.5) is 13.2 Å². The number of benzene rings is 1. The molecule has 0 bridgehead atoms. The summed E-state index contributed by atoms with van der Waals surface area (Å²) in [6.07, 6.45) is 0.518. The lowest BCUT2D eigenvalue weighted by molar-refractivity contribution is -0.137. The van der Waals surface area contributed by atoms with Gasteiger partial charge in [0.25, 0.3) is 0 Å². The number of hydrogen-bond donors (Lipinski definition) is 2. The molecule has 8 heteroatoms. The van der Waals surface area contributed by atoms with E-state index in [1.165, 1.54) is 12.1 Å². The summed E-state index contributed by atoms with van der Waals surface area (Å²) < 4.78 is 42.7. The van der Waals surface area contributed by atoms with Crippen LogP contribution in [0.3, 0.4) is 0 Å². The number of hydrogen-bond acceptors (Lipinski definition) is 3. The molecular weight excluding hydrogens is 361 g/mol. The molecule has 1 unspecified atom stereocenters. The van der Waals surface area contributed by atoms with E-state index in [9.17, 15) is 22.8 Å². The van der Waals surface area contributed by atoms with Crippen molar-refractivity contribution in [3.05, 3.63) is 29.8 Å². The van der Waals surface area contributed by atoms with Crippen LogP contribution in [0.15, 0.2) is 24.3 Å². The number of nitrogens with one attached hydrogen (secondary N) is 2. The predicted octanol–water partition coefficient (Wildman–Crippen LogP) is 3.29. The third-order valence-electron chi connectivity index (χ3n) is 4.57. The Hall–Kier alpha value is -2.25. The van der Waals surface area contributed by atoms with Crippen molar-refractivity contribution in [1.82, 2.24) is 10.6 Å². The van der Waals surface area contributed by atoms with Crippen LogP contribution >= 0.6 is 0 Å². The van der Waals surface area contributed by atoms with E-state index in [1.807, 2.05) is 0 Å². The molecule has 0 aliphatic heterocycles. The molecule has 2 rings (SSSR count). The van der Waals surface area contributed by atoms with E-state index in [-0.39, 0.29) is 30.7 Å². The first-order chi connectivity index (χ1) is 12.8. The highest BCUT2D eigenvalue weighted by atomic mass is 19.4. The van der Waals surface area contributed by atoms with Crippen LogP contribution in [-0.2, 0) is 15.8 Å². The zero-order valence-corrected chi connectivity index (χ0v) is 15.3. The summed E-state index contributed by atoms with van der Waals surface area (Å²) in [5.41, 5.74) is -0.745. The lowest BCUT2D eigenvalue weighted by Crippen LogP contribution is -2.46. The summed E-state index contributed by atoms with van der Waals surface area (Å²) in [7, 11) is 0. The molecule has 5 nitrogen and oxygen atoms in total. The van der Waals surface area contributed by atoms with Crippen LogP contribution in [0.2, 0.25) is 0 Å². The second-order valence-electron chi connectivity index (χ2n) is 6.81. The first-order valence-electron chi connectivity index (χ1n) is 9.13. The van der Waals surface area contributed by atoms with E-state index >= 15 is 0 Å². The molecule has 0 radical (unpaired) electrons. The summed E-state index contributed by atoms with van der Waals surface area (Å²) >= 11 is 0. The molecule has 150 valence electrons. The van der Waals surface area contributed by atoms with Gasteiger partial charge >= 0.3 is 6.18 Å². The minimum absolute atomic E-state index is 0.111. The number of halogens is 3. The van der Waals surface area contributed by atoms with Gasteiger partial charge in [-0.05, 0) is 49.9 Å². The summed E-state index contributed by atoms with van der Waals surface area (Å²) in [6, 6.07) is 3.70. The summed E-state index contributed by atoms with van der Waals surface area (Å²) in [5, 5.41) is 5.32. The summed E-state index contributed by atoms with van der Waals surface area (Å²) in [6.45, 7) is 1.90. The van der Waals surface area contributed by atoms with Gasteiger partial charge in [0.2, 0.25) is 11.8 Å². The lowest BCUT2D eigenvalue weighted by Gasteiger charge is -2.16. The van der Waals surface area contributed by atoms with Gasteiger partial charge in [-0.1, -0.05) is 12.8 Å². The van der Waals surface area contributed by atoms with Gasteiger partial charge in [0, 0.05) is 6.42 Å². The Morgan fingerprint density at radius 2 is 1.81 bits per heavy atom. The molecule has 1 aromatic carbocycles. The normalized spacial score (nSPS) is 16.0. The van der Waals surface area contributed by atoms with E-state index in [2.05, 4.69) is 10.6 Å². The molecule has 1 fully saturated rings. The van der Waals surface area contributed by atoms with Crippen LogP contribution < -0.4 is 15.4 Å². The van der Waals surface area contributed by atoms with Crippen molar-refractivity contribution in [2.24, 2.45) is 5.92 Å². The smallest absolute Gasteiger partial charge is 0.416 e. The van der Waals surface area contributed by atoms with Gasteiger partial charge in [-0.2, -0.15) is 13.2 Å². The molecule has 0 saturated heterocycles. The second kappa shape index (κ2) is 9.62. The van der Waals surface area contributed by atoms with Gasteiger partial charge in [-0.3, -0.25) is 9.59 Å². The third kappa shape index (κ3) is 7.11. The Morgan fingerprint density at radius 3 is 2.41 bits per heavy atom. The molecule has 0 heterocycles. The van der Waals surface area contributed by atoms with E-state index in [0.717, 1.165) is 37.8 Å². The van der Waals surface area contributed by atoms with Crippen molar-refractivity contribution in [3.8, 4) is 5.75 Å².